The van der Waals surface area contributed by atoms with Crippen LogP contribution in [-0.4, -0.2) is 90.7 Å². The van der Waals surface area contributed by atoms with Crippen LogP contribution in [0.15, 0.2) is 23.3 Å². The Labute approximate surface area is 247 Å². The van der Waals surface area contributed by atoms with Gasteiger partial charge in [0.05, 0.1) is 11.8 Å². The molecule has 2 fully saturated rings. The Hall–Kier alpha value is -2.36. The van der Waals surface area contributed by atoms with E-state index in [2.05, 4.69) is 10.2 Å². The fraction of sp³-hybridized carbons (Fsp3) is 0.688. The van der Waals surface area contributed by atoms with Gasteiger partial charge in [-0.3, -0.25) is 33.9 Å². The molecule has 2 saturated heterocycles. The average Bonchev–Trinajstić information content (AvgIpc) is 3.22. The van der Waals surface area contributed by atoms with Gasteiger partial charge in [0.25, 0.3) is 0 Å². The van der Waals surface area contributed by atoms with Gasteiger partial charge in [-0.25, -0.2) is 0 Å². The zero-order valence-corrected chi connectivity index (χ0v) is 26.0. The number of hydrogen-bond acceptors (Lipinski definition) is 7. The van der Waals surface area contributed by atoms with Crippen LogP contribution in [0.4, 0.5) is 0 Å². The first-order valence-corrected chi connectivity index (χ1v) is 14.8. The second-order valence-corrected chi connectivity index (χ2v) is 13.0. The number of imide groups is 2. The molecule has 228 valence electrons. The summed E-state index contributed by atoms with van der Waals surface area (Å²) in [7, 11) is 0. The van der Waals surface area contributed by atoms with E-state index in [1.807, 2.05) is 53.7 Å². The molecule has 2 aliphatic rings. The van der Waals surface area contributed by atoms with Gasteiger partial charge >= 0.3 is 0 Å². The molecule has 4 amide bonds. The lowest BCUT2D eigenvalue weighted by Crippen LogP contribution is -2.43. The molecule has 41 heavy (non-hydrogen) atoms. The molecular weight excluding hydrogens is 518 g/mol. The summed E-state index contributed by atoms with van der Waals surface area (Å²) in [5.41, 5.74) is 6.90. The minimum atomic E-state index is -0.465. The summed E-state index contributed by atoms with van der Waals surface area (Å²) >= 11 is 0. The van der Waals surface area contributed by atoms with Crippen LogP contribution >= 0.6 is 0 Å². The van der Waals surface area contributed by atoms with Crippen LogP contribution in [0.3, 0.4) is 0 Å². The molecule has 0 saturated carbocycles. The number of nitrogens with zero attached hydrogens (tertiary/aromatic N) is 3. The molecule has 0 bridgehead atoms. The largest absolute Gasteiger partial charge is 0.329 e. The number of nitrogens with one attached hydrogen (secondary N) is 1. The van der Waals surface area contributed by atoms with Crippen molar-refractivity contribution in [3.05, 3.63) is 37.1 Å². The highest BCUT2D eigenvalue weighted by molar-refractivity contribution is 6.04. The zero-order valence-electron chi connectivity index (χ0n) is 26.0. The Morgan fingerprint density at radius 3 is 1.73 bits per heavy atom. The first kappa shape index (κ1) is 34.8. The lowest BCUT2D eigenvalue weighted by atomic mass is 9.90. The maximum Gasteiger partial charge on any atom is 0.233 e. The SMILES string of the molecule is [CH]C(C)(C)/C=C(\C)CC1CC(=O)N(CCNCCN(CCN)CCN2C(=O)CC(C/C(C)=C/C([CH])(C)C)C2=O)C1=O. The van der Waals surface area contributed by atoms with Crippen LogP contribution in [0.25, 0.3) is 0 Å². The van der Waals surface area contributed by atoms with E-state index in [1.54, 1.807) is 0 Å². The standard InChI is InChI=1S/C32H51N5O4/c1-23(21-31(3,4)5)17-25-19-27(38)36(29(25)40)14-11-34-10-13-35(12-9-33)15-16-37-28(39)20-26(30(37)41)18-24(2)22-32(6,7)8/h3,6,21-22,25-26,34H,9-20,33H2,1-2,4-5,7-8H3/b23-21+,24-22+. The molecule has 4 radical (unpaired) electrons. The molecule has 2 unspecified atom stereocenters. The quantitative estimate of drug-likeness (QED) is 0.157. The molecule has 0 aromatic heterocycles. The summed E-state index contributed by atoms with van der Waals surface area (Å²) in [6, 6.07) is 0. The van der Waals surface area contributed by atoms with Gasteiger partial charge < -0.3 is 11.1 Å². The number of rotatable bonds is 17. The third kappa shape index (κ3) is 11.8. The smallest absolute Gasteiger partial charge is 0.233 e. The van der Waals surface area contributed by atoms with Crippen molar-refractivity contribution in [2.75, 3.05) is 52.4 Å². The number of nitrogens with two attached hydrogens (primary N) is 1. The topological polar surface area (TPSA) is 116 Å². The van der Waals surface area contributed by atoms with Crippen LogP contribution in [0.2, 0.25) is 0 Å². The van der Waals surface area contributed by atoms with Crippen molar-refractivity contribution < 1.29 is 19.2 Å². The van der Waals surface area contributed by atoms with Crippen molar-refractivity contribution in [3.8, 4) is 0 Å². The van der Waals surface area contributed by atoms with Crippen LogP contribution in [0, 0.1) is 36.5 Å². The monoisotopic (exact) mass is 569 g/mol. The van der Waals surface area contributed by atoms with Gasteiger partial charge in [0.15, 0.2) is 0 Å². The molecule has 2 rings (SSSR count). The second-order valence-electron chi connectivity index (χ2n) is 13.0. The van der Waals surface area contributed by atoms with E-state index in [9.17, 15) is 19.2 Å². The highest BCUT2D eigenvalue weighted by atomic mass is 16.2. The molecule has 3 N–H and O–H groups in total. The number of amides is 4. The highest BCUT2D eigenvalue weighted by Crippen LogP contribution is 2.29. The van der Waals surface area contributed by atoms with E-state index in [-0.39, 0.29) is 48.3 Å². The summed E-state index contributed by atoms with van der Waals surface area (Å²) < 4.78 is 0. The van der Waals surface area contributed by atoms with Crippen molar-refractivity contribution in [2.24, 2.45) is 28.4 Å². The Balaban J connectivity index is 1.77. The van der Waals surface area contributed by atoms with Gasteiger partial charge in [-0.15, -0.1) is 0 Å². The summed E-state index contributed by atoms with van der Waals surface area (Å²) in [5, 5.41) is 3.30. The van der Waals surface area contributed by atoms with Crippen molar-refractivity contribution in [1.29, 1.82) is 0 Å². The Morgan fingerprint density at radius 1 is 0.829 bits per heavy atom. The summed E-state index contributed by atoms with van der Waals surface area (Å²) in [6.45, 7) is 27.6. The molecule has 2 aliphatic heterocycles. The molecular formula is C32H51N5O4. The van der Waals surface area contributed by atoms with Gasteiger partial charge in [-0.2, -0.15) is 0 Å². The molecule has 9 nitrogen and oxygen atoms in total. The summed E-state index contributed by atoms with van der Waals surface area (Å²) in [5.74, 6) is -1.19. The van der Waals surface area contributed by atoms with E-state index in [4.69, 9.17) is 19.6 Å². The van der Waals surface area contributed by atoms with E-state index in [0.717, 1.165) is 11.1 Å². The third-order valence-corrected chi connectivity index (χ3v) is 7.25. The van der Waals surface area contributed by atoms with E-state index < -0.39 is 10.8 Å². The Kier molecular flexibility index (Phi) is 12.9. The van der Waals surface area contributed by atoms with Gasteiger partial charge in [-0.05, 0) is 51.4 Å². The molecule has 0 spiro atoms. The van der Waals surface area contributed by atoms with Crippen molar-refractivity contribution >= 4 is 23.6 Å². The molecule has 0 aromatic carbocycles. The maximum atomic E-state index is 12.9. The Bertz CT molecular complexity index is 1000. The van der Waals surface area contributed by atoms with Gasteiger partial charge in [0.2, 0.25) is 23.6 Å². The lowest BCUT2D eigenvalue weighted by molar-refractivity contribution is -0.141. The van der Waals surface area contributed by atoms with Gasteiger partial charge in [0.1, 0.15) is 0 Å². The minimum absolute atomic E-state index is 0.125. The average molecular weight is 570 g/mol. The summed E-state index contributed by atoms with van der Waals surface area (Å²) in [4.78, 5) is 55.6. The van der Waals surface area contributed by atoms with Crippen molar-refractivity contribution in [2.45, 2.75) is 67.2 Å². The number of likely N-dealkylation sites (tertiary alicyclic amines) is 2. The van der Waals surface area contributed by atoms with Crippen molar-refractivity contribution in [3.63, 3.8) is 0 Å². The van der Waals surface area contributed by atoms with Crippen LogP contribution in [-0.2, 0) is 19.2 Å². The Morgan fingerprint density at radius 2 is 1.29 bits per heavy atom. The van der Waals surface area contributed by atoms with Gasteiger partial charge in [-0.1, -0.05) is 51.0 Å². The first-order chi connectivity index (χ1) is 19.0. The van der Waals surface area contributed by atoms with E-state index >= 15 is 0 Å². The van der Waals surface area contributed by atoms with Crippen molar-refractivity contribution in [1.82, 2.24) is 20.0 Å². The van der Waals surface area contributed by atoms with Crippen LogP contribution in [0.5, 0.6) is 0 Å². The minimum Gasteiger partial charge on any atom is -0.329 e. The zero-order chi connectivity index (χ0) is 31.0. The predicted molar refractivity (Wildman–Crippen MR) is 161 cm³/mol. The third-order valence-electron chi connectivity index (χ3n) is 7.25. The molecule has 9 heteroatoms. The molecule has 2 atom stereocenters. The van der Waals surface area contributed by atoms with Gasteiger partial charge in [0, 0.05) is 65.2 Å². The molecule has 0 aliphatic carbocycles. The number of allylic oxidation sites excluding steroid dienone is 4. The van der Waals surface area contributed by atoms with Crippen LogP contribution in [0.1, 0.15) is 67.2 Å². The predicted octanol–water partition coefficient (Wildman–Crippen LogP) is 2.73. The molecule has 2 heterocycles. The number of carbonyl (C=O) groups is 4. The maximum absolute atomic E-state index is 12.9. The van der Waals surface area contributed by atoms with E-state index in [1.165, 1.54) is 9.80 Å². The van der Waals surface area contributed by atoms with E-state index in [0.29, 0.717) is 65.2 Å². The lowest BCUT2D eigenvalue weighted by Gasteiger charge is -2.25. The normalized spacial score (nSPS) is 21.3. The van der Waals surface area contributed by atoms with Crippen LogP contribution < -0.4 is 11.1 Å². The highest BCUT2D eigenvalue weighted by Gasteiger charge is 2.39. The molecule has 0 aromatic rings. The first-order valence-electron chi connectivity index (χ1n) is 14.8. The second kappa shape index (κ2) is 15.2. The number of hydrogen-bond donors (Lipinski definition) is 2. The fourth-order valence-corrected chi connectivity index (χ4v) is 5.77. The fourth-order valence-electron chi connectivity index (χ4n) is 5.77. The number of carbonyl (C=O) groups excluding carboxylic acids is 4. The summed E-state index contributed by atoms with van der Waals surface area (Å²) in [6.07, 6.45) is 5.41.